The van der Waals surface area contributed by atoms with Crippen molar-refractivity contribution in [1.29, 1.82) is 0 Å². The Kier molecular flexibility index (Phi) is 5.09. The van der Waals surface area contributed by atoms with Gasteiger partial charge in [0.2, 0.25) is 0 Å². The minimum absolute atomic E-state index is 0.227. The lowest BCUT2D eigenvalue weighted by atomic mass is 9.97. The van der Waals surface area contributed by atoms with E-state index >= 15 is 0 Å². The highest BCUT2D eigenvalue weighted by atomic mass is 16.4. The molecule has 3 heteroatoms. The lowest BCUT2D eigenvalue weighted by molar-refractivity contribution is -0.146. The summed E-state index contributed by atoms with van der Waals surface area (Å²) in [5.41, 5.74) is 0. The molecule has 1 aliphatic rings. The quantitative estimate of drug-likeness (QED) is 0.763. The van der Waals surface area contributed by atoms with Gasteiger partial charge in [0, 0.05) is 6.04 Å². The second-order valence-corrected chi connectivity index (χ2v) is 4.44. The molecular formula is C12H23NO2. The molecule has 1 saturated heterocycles. The summed E-state index contributed by atoms with van der Waals surface area (Å²) in [5, 5.41) is 9.18. The van der Waals surface area contributed by atoms with Crippen LogP contribution >= 0.6 is 0 Å². The van der Waals surface area contributed by atoms with E-state index in [0.717, 1.165) is 45.1 Å². The van der Waals surface area contributed by atoms with E-state index < -0.39 is 5.97 Å². The molecule has 2 atom stereocenters. The van der Waals surface area contributed by atoms with Gasteiger partial charge in [-0.1, -0.05) is 26.7 Å². The summed E-state index contributed by atoms with van der Waals surface area (Å²) < 4.78 is 0. The number of nitrogens with zero attached hydrogens (tertiary/aromatic N) is 1. The molecule has 0 aromatic rings. The van der Waals surface area contributed by atoms with Gasteiger partial charge in [0.15, 0.2) is 0 Å². The Balaban J connectivity index is 2.64. The van der Waals surface area contributed by atoms with E-state index in [-0.39, 0.29) is 6.04 Å². The standard InChI is InChI=1S/C12H23NO2/c1-3-7-10(4-2)13-9-6-5-8-11(13)12(14)15/h10-11H,3-9H2,1-2H3,(H,14,15). The van der Waals surface area contributed by atoms with Gasteiger partial charge >= 0.3 is 5.97 Å². The monoisotopic (exact) mass is 213 g/mol. The average molecular weight is 213 g/mol. The number of carboxylic acids is 1. The molecule has 3 nitrogen and oxygen atoms in total. The Morgan fingerprint density at radius 1 is 1.47 bits per heavy atom. The van der Waals surface area contributed by atoms with E-state index in [9.17, 15) is 9.90 Å². The number of aliphatic carboxylic acids is 1. The maximum atomic E-state index is 11.1. The van der Waals surface area contributed by atoms with Crippen molar-refractivity contribution < 1.29 is 9.90 Å². The van der Waals surface area contributed by atoms with Gasteiger partial charge < -0.3 is 5.11 Å². The molecular weight excluding hydrogens is 190 g/mol. The van der Waals surface area contributed by atoms with E-state index in [2.05, 4.69) is 18.7 Å². The van der Waals surface area contributed by atoms with Crippen molar-refractivity contribution in [3.05, 3.63) is 0 Å². The van der Waals surface area contributed by atoms with E-state index in [1.54, 1.807) is 0 Å². The maximum absolute atomic E-state index is 11.1. The number of carbonyl (C=O) groups is 1. The summed E-state index contributed by atoms with van der Waals surface area (Å²) in [5.74, 6) is -0.635. The van der Waals surface area contributed by atoms with Crippen LogP contribution in [0, 0.1) is 0 Å². The third kappa shape index (κ3) is 3.20. The van der Waals surface area contributed by atoms with Gasteiger partial charge in [-0.25, -0.2) is 0 Å². The zero-order valence-electron chi connectivity index (χ0n) is 9.91. The molecule has 88 valence electrons. The van der Waals surface area contributed by atoms with Gasteiger partial charge in [0.1, 0.15) is 6.04 Å². The van der Waals surface area contributed by atoms with Crippen molar-refractivity contribution in [2.75, 3.05) is 6.54 Å². The zero-order chi connectivity index (χ0) is 11.3. The zero-order valence-corrected chi connectivity index (χ0v) is 9.91. The van der Waals surface area contributed by atoms with Crippen LogP contribution in [-0.2, 0) is 4.79 Å². The first-order chi connectivity index (χ1) is 7.20. The maximum Gasteiger partial charge on any atom is 0.320 e. The minimum atomic E-state index is -0.635. The number of rotatable bonds is 5. The number of hydrogen-bond acceptors (Lipinski definition) is 2. The molecule has 0 spiro atoms. The normalized spacial score (nSPS) is 25.1. The molecule has 0 radical (unpaired) electrons. The highest BCUT2D eigenvalue weighted by Gasteiger charge is 2.31. The summed E-state index contributed by atoms with van der Waals surface area (Å²) in [6, 6.07) is 0.242. The van der Waals surface area contributed by atoms with Crippen molar-refractivity contribution >= 4 is 5.97 Å². The van der Waals surface area contributed by atoms with Gasteiger partial charge in [0.25, 0.3) is 0 Å². The smallest absolute Gasteiger partial charge is 0.320 e. The second kappa shape index (κ2) is 6.11. The molecule has 0 saturated carbocycles. The number of hydrogen-bond donors (Lipinski definition) is 1. The third-order valence-corrected chi connectivity index (χ3v) is 3.39. The van der Waals surface area contributed by atoms with Crippen LogP contribution in [-0.4, -0.2) is 34.6 Å². The van der Waals surface area contributed by atoms with E-state index in [1.807, 2.05) is 0 Å². The summed E-state index contributed by atoms with van der Waals surface area (Å²) in [6.45, 7) is 5.30. The average Bonchev–Trinajstić information content (AvgIpc) is 2.26. The first-order valence-corrected chi connectivity index (χ1v) is 6.19. The molecule has 0 aromatic carbocycles. The first-order valence-electron chi connectivity index (χ1n) is 6.19. The highest BCUT2D eigenvalue weighted by Crippen LogP contribution is 2.23. The van der Waals surface area contributed by atoms with Crippen LogP contribution in [0.15, 0.2) is 0 Å². The SMILES string of the molecule is CCCC(CC)N1CCCCC1C(=O)O. The summed E-state index contributed by atoms with van der Waals surface area (Å²) in [6.07, 6.45) is 6.38. The van der Waals surface area contributed by atoms with Crippen LogP contribution < -0.4 is 0 Å². The summed E-state index contributed by atoms with van der Waals surface area (Å²) in [7, 11) is 0. The molecule has 2 unspecified atom stereocenters. The molecule has 1 heterocycles. The Morgan fingerprint density at radius 2 is 2.20 bits per heavy atom. The van der Waals surface area contributed by atoms with Crippen molar-refractivity contribution in [1.82, 2.24) is 4.90 Å². The first kappa shape index (κ1) is 12.5. The predicted octanol–water partition coefficient (Wildman–Crippen LogP) is 2.50. The lowest BCUT2D eigenvalue weighted by Crippen LogP contribution is -2.49. The van der Waals surface area contributed by atoms with Gasteiger partial charge in [-0.3, -0.25) is 9.69 Å². The summed E-state index contributed by atoms with van der Waals surface area (Å²) >= 11 is 0. The van der Waals surface area contributed by atoms with E-state index in [4.69, 9.17) is 0 Å². The predicted molar refractivity (Wildman–Crippen MR) is 61.0 cm³/mol. The van der Waals surface area contributed by atoms with Crippen molar-refractivity contribution in [3.8, 4) is 0 Å². The Morgan fingerprint density at radius 3 is 2.73 bits per heavy atom. The van der Waals surface area contributed by atoms with Gasteiger partial charge in [-0.05, 0) is 32.2 Å². The van der Waals surface area contributed by atoms with Crippen molar-refractivity contribution in [2.45, 2.75) is 64.5 Å². The lowest BCUT2D eigenvalue weighted by Gasteiger charge is -2.38. The molecule has 1 rings (SSSR count). The van der Waals surface area contributed by atoms with Crippen LogP contribution in [0.1, 0.15) is 52.4 Å². The van der Waals surface area contributed by atoms with Crippen LogP contribution in [0.4, 0.5) is 0 Å². The summed E-state index contributed by atoms with van der Waals surface area (Å²) in [4.78, 5) is 13.4. The largest absolute Gasteiger partial charge is 0.480 e. The van der Waals surface area contributed by atoms with Gasteiger partial charge in [-0.15, -0.1) is 0 Å². The third-order valence-electron chi connectivity index (χ3n) is 3.39. The van der Waals surface area contributed by atoms with E-state index in [0.29, 0.717) is 6.04 Å². The molecule has 1 fully saturated rings. The molecule has 0 amide bonds. The van der Waals surface area contributed by atoms with Crippen molar-refractivity contribution in [2.24, 2.45) is 0 Å². The van der Waals surface area contributed by atoms with Gasteiger partial charge in [0.05, 0.1) is 0 Å². The fourth-order valence-corrected chi connectivity index (χ4v) is 2.59. The molecule has 15 heavy (non-hydrogen) atoms. The molecule has 1 aliphatic heterocycles. The van der Waals surface area contributed by atoms with Crippen molar-refractivity contribution in [3.63, 3.8) is 0 Å². The Hall–Kier alpha value is -0.570. The number of carboxylic acid groups (broad SMARTS) is 1. The van der Waals surface area contributed by atoms with E-state index in [1.165, 1.54) is 0 Å². The second-order valence-electron chi connectivity index (χ2n) is 4.44. The van der Waals surface area contributed by atoms with Crippen LogP contribution in [0.3, 0.4) is 0 Å². The number of piperidine rings is 1. The molecule has 1 N–H and O–H groups in total. The number of likely N-dealkylation sites (tertiary alicyclic amines) is 1. The van der Waals surface area contributed by atoms with Crippen LogP contribution in [0.25, 0.3) is 0 Å². The Bertz CT molecular complexity index is 206. The minimum Gasteiger partial charge on any atom is -0.480 e. The molecule has 0 bridgehead atoms. The van der Waals surface area contributed by atoms with Gasteiger partial charge in [-0.2, -0.15) is 0 Å². The van der Waals surface area contributed by atoms with Crippen LogP contribution in [0.5, 0.6) is 0 Å². The fourth-order valence-electron chi connectivity index (χ4n) is 2.59. The molecule has 0 aliphatic carbocycles. The van der Waals surface area contributed by atoms with Crippen LogP contribution in [0.2, 0.25) is 0 Å². The topological polar surface area (TPSA) is 40.5 Å². The Labute approximate surface area is 92.5 Å². The fraction of sp³-hybridized carbons (Fsp3) is 0.917. The highest BCUT2D eigenvalue weighted by molar-refractivity contribution is 5.73. The molecule has 0 aromatic heterocycles.